The molecule has 0 aromatic heterocycles. The summed E-state index contributed by atoms with van der Waals surface area (Å²) in [7, 11) is 2.16. The summed E-state index contributed by atoms with van der Waals surface area (Å²) in [5.74, 6) is 0.0618. The SMILES string of the molecule is CCC(=O)Nc1ccc(N2CCN(C)CC2)c(C)c1. The summed E-state index contributed by atoms with van der Waals surface area (Å²) in [6.45, 7) is 8.31. The molecule has 0 saturated carbocycles. The highest BCUT2D eigenvalue weighted by Crippen LogP contribution is 2.24. The first-order valence-corrected chi connectivity index (χ1v) is 6.94. The third kappa shape index (κ3) is 3.47. The van der Waals surface area contributed by atoms with E-state index in [2.05, 4.69) is 41.2 Å². The summed E-state index contributed by atoms with van der Waals surface area (Å²) in [6.07, 6.45) is 0.513. The molecule has 104 valence electrons. The Bertz CT molecular complexity index is 451. The third-order valence-corrected chi connectivity index (χ3v) is 3.65. The molecule has 19 heavy (non-hydrogen) atoms. The van der Waals surface area contributed by atoms with Crippen LogP contribution in [0.4, 0.5) is 11.4 Å². The van der Waals surface area contributed by atoms with Crippen LogP contribution in [0.3, 0.4) is 0 Å². The number of nitrogens with one attached hydrogen (secondary N) is 1. The Balaban J connectivity index is 2.08. The Morgan fingerprint density at radius 3 is 2.53 bits per heavy atom. The zero-order valence-corrected chi connectivity index (χ0v) is 12.1. The molecule has 0 radical (unpaired) electrons. The Kier molecular flexibility index (Phi) is 4.43. The molecular formula is C15H23N3O. The first kappa shape index (κ1) is 13.9. The van der Waals surface area contributed by atoms with E-state index in [9.17, 15) is 4.79 Å². The van der Waals surface area contributed by atoms with Crippen LogP contribution in [0.1, 0.15) is 18.9 Å². The third-order valence-electron chi connectivity index (χ3n) is 3.65. The normalized spacial score (nSPS) is 16.5. The minimum Gasteiger partial charge on any atom is -0.369 e. The number of benzene rings is 1. The van der Waals surface area contributed by atoms with Crippen molar-refractivity contribution in [2.24, 2.45) is 0 Å². The van der Waals surface area contributed by atoms with Gasteiger partial charge < -0.3 is 15.1 Å². The molecule has 1 saturated heterocycles. The van der Waals surface area contributed by atoms with E-state index in [1.165, 1.54) is 11.3 Å². The van der Waals surface area contributed by atoms with Crippen molar-refractivity contribution in [2.75, 3.05) is 43.4 Å². The molecule has 1 fully saturated rings. The summed E-state index contributed by atoms with van der Waals surface area (Å²) < 4.78 is 0. The number of anilines is 2. The van der Waals surface area contributed by atoms with Crippen molar-refractivity contribution in [3.8, 4) is 0 Å². The predicted octanol–water partition coefficient (Wildman–Crippen LogP) is 2.10. The largest absolute Gasteiger partial charge is 0.369 e. The number of piperazine rings is 1. The average molecular weight is 261 g/mol. The monoisotopic (exact) mass is 261 g/mol. The van der Waals surface area contributed by atoms with Crippen LogP contribution in [0.2, 0.25) is 0 Å². The Morgan fingerprint density at radius 1 is 1.26 bits per heavy atom. The summed E-state index contributed by atoms with van der Waals surface area (Å²) in [4.78, 5) is 16.2. The first-order valence-electron chi connectivity index (χ1n) is 6.94. The topological polar surface area (TPSA) is 35.6 Å². The van der Waals surface area contributed by atoms with Crippen LogP contribution in [0, 0.1) is 6.92 Å². The zero-order valence-electron chi connectivity index (χ0n) is 12.1. The van der Waals surface area contributed by atoms with E-state index >= 15 is 0 Å². The lowest BCUT2D eigenvalue weighted by Crippen LogP contribution is -2.44. The van der Waals surface area contributed by atoms with Gasteiger partial charge in [0.05, 0.1) is 0 Å². The molecule has 1 aromatic carbocycles. The van der Waals surface area contributed by atoms with Crippen LogP contribution < -0.4 is 10.2 Å². The maximum Gasteiger partial charge on any atom is 0.224 e. The Morgan fingerprint density at radius 2 is 1.95 bits per heavy atom. The van der Waals surface area contributed by atoms with E-state index in [1.807, 2.05) is 13.0 Å². The molecule has 1 aromatic rings. The standard InChI is InChI=1S/C15H23N3O/c1-4-15(19)16-13-5-6-14(12(2)11-13)18-9-7-17(3)8-10-18/h5-6,11H,4,7-10H2,1-3H3,(H,16,19). The Hall–Kier alpha value is -1.55. The van der Waals surface area contributed by atoms with Gasteiger partial charge in [0.15, 0.2) is 0 Å². The van der Waals surface area contributed by atoms with E-state index in [0.29, 0.717) is 6.42 Å². The van der Waals surface area contributed by atoms with E-state index < -0.39 is 0 Å². The van der Waals surface area contributed by atoms with Gasteiger partial charge in [0.25, 0.3) is 0 Å². The molecule has 1 amide bonds. The number of amides is 1. The first-order chi connectivity index (χ1) is 9.10. The van der Waals surface area contributed by atoms with Gasteiger partial charge in [0.2, 0.25) is 5.91 Å². The quantitative estimate of drug-likeness (QED) is 0.905. The van der Waals surface area contributed by atoms with Crippen LogP contribution in [0.15, 0.2) is 18.2 Å². The number of rotatable bonds is 3. The van der Waals surface area contributed by atoms with E-state index in [4.69, 9.17) is 0 Å². The fourth-order valence-corrected chi connectivity index (χ4v) is 2.38. The number of carbonyl (C=O) groups excluding carboxylic acids is 1. The van der Waals surface area contributed by atoms with Crippen LogP contribution in [0.25, 0.3) is 0 Å². The summed E-state index contributed by atoms with van der Waals surface area (Å²) in [6, 6.07) is 6.17. The molecule has 0 atom stereocenters. The van der Waals surface area contributed by atoms with Gasteiger partial charge in [-0.05, 0) is 37.7 Å². The molecule has 1 aliphatic rings. The Labute approximate surface area is 115 Å². The molecule has 4 nitrogen and oxygen atoms in total. The highest BCUT2D eigenvalue weighted by molar-refractivity contribution is 5.90. The number of carbonyl (C=O) groups is 1. The lowest BCUT2D eigenvalue weighted by molar-refractivity contribution is -0.115. The lowest BCUT2D eigenvalue weighted by Gasteiger charge is -2.35. The van der Waals surface area contributed by atoms with Crippen molar-refractivity contribution in [3.05, 3.63) is 23.8 Å². The number of nitrogens with zero attached hydrogens (tertiary/aromatic N) is 2. The van der Waals surface area contributed by atoms with Crippen molar-refractivity contribution < 1.29 is 4.79 Å². The van der Waals surface area contributed by atoms with Gasteiger partial charge in [-0.2, -0.15) is 0 Å². The van der Waals surface area contributed by atoms with Crippen molar-refractivity contribution in [3.63, 3.8) is 0 Å². The highest BCUT2D eigenvalue weighted by atomic mass is 16.1. The molecular weight excluding hydrogens is 238 g/mol. The molecule has 0 unspecified atom stereocenters. The number of hydrogen-bond donors (Lipinski definition) is 1. The van der Waals surface area contributed by atoms with Crippen molar-refractivity contribution in [1.29, 1.82) is 0 Å². The molecule has 0 bridgehead atoms. The molecule has 1 N–H and O–H groups in total. The number of hydrogen-bond acceptors (Lipinski definition) is 3. The van der Waals surface area contributed by atoms with Crippen molar-refractivity contribution >= 4 is 17.3 Å². The second-order valence-corrected chi connectivity index (χ2v) is 5.19. The molecule has 0 spiro atoms. The van der Waals surface area contributed by atoms with Crippen LogP contribution in [-0.2, 0) is 4.79 Å². The summed E-state index contributed by atoms with van der Waals surface area (Å²) in [5.41, 5.74) is 3.39. The van der Waals surface area contributed by atoms with Crippen LogP contribution in [0.5, 0.6) is 0 Å². The van der Waals surface area contributed by atoms with Gasteiger partial charge in [-0.15, -0.1) is 0 Å². The number of likely N-dealkylation sites (N-methyl/N-ethyl adjacent to an activating group) is 1. The van der Waals surface area contributed by atoms with E-state index in [1.54, 1.807) is 0 Å². The van der Waals surface area contributed by atoms with Crippen molar-refractivity contribution in [2.45, 2.75) is 20.3 Å². The lowest BCUT2D eigenvalue weighted by atomic mass is 10.1. The molecule has 1 heterocycles. The fourth-order valence-electron chi connectivity index (χ4n) is 2.38. The maximum absolute atomic E-state index is 11.4. The minimum atomic E-state index is 0.0618. The van der Waals surface area contributed by atoms with Gasteiger partial charge in [-0.3, -0.25) is 4.79 Å². The summed E-state index contributed by atoms with van der Waals surface area (Å²) >= 11 is 0. The second kappa shape index (κ2) is 6.06. The average Bonchev–Trinajstić information content (AvgIpc) is 2.40. The van der Waals surface area contributed by atoms with Gasteiger partial charge in [0, 0.05) is 44.0 Å². The van der Waals surface area contributed by atoms with E-state index in [-0.39, 0.29) is 5.91 Å². The number of aryl methyl sites for hydroxylation is 1. The van der Waals surface area contributed by atoms with Gasteiger partial charge in [-0.25, -0.2) is 0 Å². The van der Waals surface area contributed by atoms with Gasteiger partial charge in [-0.1, -0.05) is 6.92 Å². The summed E-state index contributed by atoms with van der Waals surface area (Å²) in [5, 5.41) is 2.90. The molecule has 1 aliphatic heterocycles. The smallest absolute Gasteiger partial charge is 0.224 e. The van der Waals surface area contributed by atoms with Crippen LogP contribution >= 0.6 is 0 Å². The van der Waals surface area contributed by atoms with Gasteiger partial charge in [0.1, 0.15) is 0 Å². The second-order valence-electron chi connectivity index (χ2n) is 5.19. The molecule has 4 heteroatoms. The van der Waals surface area contributed by atoms with Crippen LogP contribution in [-0.4, -0.2) is 44.0 Å². The highest BCUT2D eigenvalue weighted by Gasteiger charge is 2.15. The predicted molar refractivity (Wildman–Crippen MR) is 79.8 cm³/mol. The van der Waals surface area contributed by atoms with E-state index in [0.717, 1.165) is 31.9 Å². The zero-order chi connectivity index (χ0) is 13.8. The van der Waals surface area contributed by atoms with Crippen molar-refractivity contribution in [1.82, 2.24) is 4.90 Å². The van der Waals surface area contributed by atoms with Gasteiger partial charge >= 0.3 is 0 Å². The minimum absolute atomic E-state index is 0.0618. The molecule has 2 rings (SSSR count). The fraction of sp³-hybridized carbons (Fsp3) is 0.533. The molecule has 0 aliphatic carbocycles. The maximum atomic E-state index is 11.4.